The number of allylic oxidation sites excluding steroid dienone is 8. The van der Waals surface area contributed by atoms with Gasteiger partial charge >= 0.3 is 11.9 Å². The molecule has 9 nitrogen and oxygen atoms in total. The van der Waals surface area contributed by atoms with Crippen LogP contribution in [0.1, 0.15) is 168 Å². The van der Waals surface area contributed by atoms with Crippen LogP contribution in [-0.4, -0.2) is 70.0 Å². The molecule has 0 saturated carbocycles. The maximum atomic E-state index is 12.6. The quantitative estimate of drug-likeness (QED) is 0.0200. The molecule has 1 unspecified atom stereocenters. The maximum Gasteiger partial charge on any atom is 0.306 e. The summed E-state index contributed by atoms with van der Waals surface area (Å²) in [5.74, 6) is -0.872. The molecule has 10 heteroatoms. The number of esters is 2. The van der Waals surface area contributed by atoms with Crippen LogP contribution in [-0.2, 0) is 32.7 Å². The van der Waals surface area contributed by atoms with Gasteiger partial charge in [0.15, 0.2) is 6.10 Å². The summed E-state index contributed by atoms with van der Waals surface area (Å²) >= 11 is 0. The molecule has 0 spiro atoms. The zero-order valence-corrected chi connectivity index (χ0v) is 36.0. The molecule has 0 bridgehead atoms. The Morgan fingerprint density at radius 3 is 1.52 bits per heavy atom. The largest absolute Gasteiger partial charge is 0.756 e. The highest BCUT2D eigenvalue weighted by atomic mass is 31.2. The number of hydrogen-bond donors (Lipinski definition) is 0. The fourth-order valence-electron chi connectivity index (χ4n) is 5.46. The van der Waals surface area contributed by atoms with E-state index in [9.17, 15) is 19.0 Å². The average Bonchev–Trinajstić information content (AvgIpc) is 3.12. The second-order valence-corrected chi connectivity index (χ2v) is 16.8. The Morgan fingerprint density at radius 1 is 0.574 bits per heavy atom. The molecule has 0 saturated heterocycles. The first-order chi connectivity index (χ1) is 26.0. The maximum absolute atomic E-state index is 12.6. The van der Waals surface area contributed by atoms with Gasteiger partial charge in [0.05, 0.1) is 27.7 Å². The van der Waals surface area contributed by atoms with Crippen LogP contribution in [0.4, 0.5) is 0 Å². The van der Waals surface area contributed by atoms with Gasteiger partial charge in [0.25, 0.3) is 7.82 Å². The van der Waals surface area contributed by atoms with Crippen molar-refractivity contribution < 1.29 is 42.1 Å². The van der Waals surface area contributed by atoms with E-state index in [4.69, 9.17) is 18.5 Å². The van der Waals surface area contributed by atoms with Crippen molar-refractivity contribution in [3.8, 4) is 0 Å². The number of quaternary nitrogens is 1. The van der Waals surface area contributed by atoms with Gasteiger partial charge in [0, 0.05) is 12.8 Å². The molecule has 0 aliphatic heterocycles. The van der Waals surface area contributed by atoms with Gasteiger partial charge < -0.3 is 27.9 Å². The van der Waals surface area contributed by atoms with Crippen LogP contribution < -0.4 is 4.89 Å². The molecule has 0 fully saturated rings. The number of hydrogen-bond acceptors (Lipinski definition) is 8. The number of ether oxygens (including phenoxy) is 2. The number of phosphoric ester groups is 1. The Labute approximate surface area is 331 Å². The first kappa shape index (κ1) is 52.0. The predicted octanol–water partition coefficient (Wildman–Crippen LogP) is 11.3. The number of carbonyl (C=O) groups excluding carboxylic acids is 2. The number of likely N-dealkylation sites (N-methyl/N-ethyl adjacent to an activating group) is 1. The minimum Gasteiger partial charge on any atom is -0.756 e. The number of rotatable bonds is 38. The Kier molecular flexibility index (Phi) is 35.2. The van der Waals surface area contributed by atoms with Gasteiger partial charge in [-0.25, -0.2) is 0 Å². The number of unbranched alkanes of at least 4 members (excludes halogenated alkanes) is 16. The smallest absolute Gasteiger partial charge is 0.306 e. The van der Waals surface area contributed by atoms with Gasteiger partial charge in [0.1, 0.15) is 19.8 Å². The topological polar surface area (TPSA) is 111 Å². The van der Waals surface area contributed by atoms with Crippen molar-refractivity contribution in [2.75, 3.05) is 47.5 Å². The molecule has 0 heterocycles. The normalized spacial score (nSPS) is 14.1. The third kappa shape index (κ3) is 39.7. The minimum absolute atomic E-state index is 0.0367. The van der Waals surface area contributed by atoms with Gasteiger partial charge in [-0.05, 0) is 57.8 Å². The fraction of sp³-hybridized carbons (Fsp3) is 0.773. The minimum atomic E-state index is -4.63. The Balaban J connectivity index is 4.41. The second-order valence-electron chi connectivity index (χ2n) is 15.4. The molecule has 0 aliphatic rings. The Bertz CT molecular complexity index is 1070. The van der Waals surface area contributed by atoms with Gasteiger partial charge in [-0.2, -0.15) is 0 Å². The van der Waals surface area contributed by atoms with Crippen LogP contribution in [0.2, 0.25) is 0 Å². The summed E-state index contributed by atoms with van der Waals surface area (Å²) in [5.41, 5.74) is 0. The molecule has 0 aromatic heterocycles. The SMILES string of the molecule is CCCCC/C=C\C/C=C\C/C=C\C/C=C\CCCCCC(=O)OC[C@H](COP(=O)([O-])OCC[N+](C)(C)C)OC(=O)CCCCCCCCCCCCC. The molecule has 0 rings (SSSR count). The van der Waals surface area contributed by atoms with Gasteiger partial charge in [-0.3, -0.25) is 14.2 Å². The van der Waals surface area contributed by atoms with Crippen molar-refractivity contribution in [2.24, 2.45) is 0 Å². The van der Waals surface area contributed by atoms with E-state index < -0.39 is 32.5 Å². The van der Waals surface area contributed by atoms with Gasteiger partial charge in [-0.1, -0.05) is 146 Å². The third-order valence-corrected chi connectivity index (χ3v) is 9.82. The summed E-state index contributed by atoms with van der Waals surface area (Å²) in [6.45, 7) is 4.14. The number of phosphoric acid groups is 1. The molecule has 0 aromatic rings. The lowest BCUT2D eigenvalue weighted by Gasteiger charge is -2.28. The third-order valence-electron chi connectivity index (χ3n) is 8.85. The molecular formula is C44H80NO8P. The molecule has 0 aliphatic carbocycles. The number of carbonyl (C=O) groups is 2. The van der Waals surface area contributed by atoms with Crippen LogP contribution in [0.25, 0.3) is 0 Å². The lowest BCUT2D eigenvalue weighted by atomic mass is 10.1. The van der Waals surface area contributed by atoms with Crippen molar-refractivity contribution in [1.82, 2.24) is 0 Å². The van der Waals surface area contributed by atoms with E-state index in [0.717, 1.165) is 57.8 Å². The van der Waals surface area contributed by atoms with Crippen LogP contribution >= 0.6 is 7.82 Å². The molecule has 0 amide bonds. The van der Waals surface area contributed by atoms with Crippen molar-refractivity contribution in [3.05, 3.63) is 48.6 Å². The highest BCUT2D eigenvalue weighted by Crippen LogP contribution is 2.38. The van der Waals surface area contributed by atoms with E-state index in [1.807, 2.05) is 21.1 Å². The molecule has 314 valence electrons. The van der Waals surface area contributed by atoms with Gasteiger partial charge in [-0.15, -0.1) is 0 Å². The van der Waals surface area contributed by atoms with E-state index in [0.29, 0.717) is 23.9 Å². The predicted molar refractivity (Wildman–Crippen MR) is 222 cm³/mol. The Hall–Kier alpha value is -2.03. The van der Waals surface area contributed by atoms with E-state index in [2.05, 4.69) is 62.5 Å². The molecule has 2 atom stereocenters. The van der Waals surface area contributed by atoms with E-state index in [1.54, 1.807) is 0 Å². The number of nitrogens with zero attached hydrogens (tertiary/aromatic N) is 1. The van der Waals surface area contributed by atoms with E-state index >= 15 is 0 Å². The summed E-state index contributed by atoms with van der Waals surface area (Å²) < 4.78 is 33.8. The van der Waals surface area contributed by atoms with Crippen LogP contribution in [0.3, 0.4) is 0 Å². The highest BCUT2D eigenvalue weighted by molar-refractivity contribution is 7.45. The Morgan fingerprint density at radius 2 is 1.00 bits per heavy atom. The van der Waals surface area contributed by atoms with Crippen molar-refractivity contribution in [2.45, 2.75) is 174 Å². The summed E-state index contributed by atoms with van der Waals surface area (Å²) in [6.07, 6.45) is 41.4. The summed E-state index contributed by atoms with van der Waals surface area (Å²) in [7, 11) is 1.14. The lowest BCUT2D eigenvalue weighted by Crippen LogP contribution is -2.37. The average molecular weight is 782 g/mol. The van der Waals surface area contributed by atoms with Crippen LogP contribution in [0.15, 0.2) is 48.6 Å². The van der Waals surface area contributed by atoms with Crippen molar-refractivity contribution in [1.29, 1.82) is 0 Å². The second kappa shape index (κ2) is 36.6. The van der Waals surface area contributed by atoms with E-state index in [1.165, 1.54) is 70.6 Å². The molecular weight excluding hydrogens is 701 g/mol. The fourth-order valence-corrected chi connectivity index (χ4v) is 6.19. The van der Waals surface area contributed by atoms with Crippen molar-refractivity contribution >= 4 is 19.8 Å². The first-order valence-corrected chi connectivity index (χ1v) is 22.8. The molecule has 0 radical (unpaired) electrons. The van der Waals surface area contributed by atoms with Crippen LogP contribution in [0.5, 0.6) is 0 Å². The first-order valence-electron chi connectivity index (χ1n) is 21.3. The van der Waals surface area contributed by atoms with E-state index in [-0.39, 0.29) is 26.1 Å². The summed E-state index contributed by atoms with van der Waals surface area (Å²) in [6, 6.07) is 0. The van der Waals surface area contributed by atoms with Crippen LogP contribution in [0, 0.1) is 0 Å². The van der Waals surface area contributed by atoms with Crippen molar-refractivity contribution in [3.63, 3.8) is 0 Å². The lowest BCUT2D eigenvalue weighted by molar-refractivity contribution is -0.870. The molecule has 0 N–H and O–H groups in total. The summed E-state index contributed by atoms with van der Waals surface area (Å²) in [5, 5.41) is 0. The summed E-state index contributed by atoms with van der Waals surface area (Å²) in [4.78, 5) is 37.4. The molecule has 54 heavy (non-hydrogen) atoms. The van der Waals surface area contributed by atoms with Gasteiger partial charge in [0.2, 0.25) is 0 Å². The molecule has 0 aromatic carbocycles. The monoisotopic (exact) mass is 782 g/mol. The standard InChI is InChI=1S/C44H80NO8P/c1-6-8-10-12-14-16-18-19-20-21-22-23-24-25-27-28-30-32-34-36-43(46)50-40-42(41-52-54(48,49)51-39-38-45(3,4)5)53-44(47)37-35-33-31-29-26-17-15-13-11-9-7-2/h14,16,19-20,22-23,25,27,42H,6-13,15,17-18,21,24,26,28-41H2,1-5H3/b16-14-,20-19-,23-22-,27-25-/t42-/m1/s1. The highest BCUT2D eigenvalue weighted by Gasteiger charge is 2.21. The zero-order chi connectivity index (χ0) is 40.0. The zero-order valence-electron chi connectivity index (χ0n) is 35.2.